The van der Waals surface area contributed by atoms with E-state index in [4.69, 9.17) is 4.74 Å². The van der Waals surface area contributed by atoms with Gasteiger partial charge in [-0.05, 0) is 31.7 Å². The lowest BCUT2D eigenvalue weighted by Gasteiger charge is -2.36. The van der Waals surface area contributed by atoms with Gasteiger partial charge in [-0.1, -0.05) is 30.3 Å². The van der Waals surface area contributed by atoms with E-state index in [0.29, 0.717) is 26.2 Å². The molecular weight excluding hydrogens is 314 g/mol. The summed E-state index contributed by atoms with van der Waals surface area (Å²) in [7, 11) is 0. The highest BCUT2D eigenvalue weighted by Crippen LogP contribution is 2.16. The van der Waals surface area contributed by atoms with Gasteiger partial charge in [0.1, 0.15) is 0 Å². The molecule has 2 heterocycles. The van der Waals surface area contributed by atoms with Crippen LogP contribution in [0.1, 0.15) is 29.8 Å². The number of rotatable bonds is 6. The molecule has 1 atom stereocenters. The van der Waals surface area contributed by atoms with Crippen LogP contribution in [0.2, 0.25) is 0 Å². The minimum atomic E-state index is 0.124. The van der Waals surface area contributed by atoms with Gasteiger partial charge in [0.15, 0.2) is 0 Å². The summed E-state index contributed by atoms with van der Waals surface area (Å²) in [5.74, 6) is 0.216. The van der Waals surface area contributed by atoms with Crippen molar-refractivity contribution >= 4 is 5.91 Å². The summed E-state index contributed by atoms with van der Waals surface area (Å²) in [5, 5.41) is 0. The smallest absolute Gasteiger partial charge is 0.223 e. The van der Waals surface area contributed by atoms with Crippen molar-refractivity contribution in [3.8, 4) is 0 Å². The Morgan fingerprint density at radius 3 is 2.80 bits per heavy atom. The molecule has 25 heavy (non-hydrogen) atoms. The van der Waals surface area contributed by atoms with Gasteiger partial charge >= 0.3 is 0 Å². The number of hydrogen-bond acceptors (Lipinski definition) is 4. The van der Waals surface area contributed by atoms with Crippen LogP contribution in [0.25, 0.3) is 0 Å². The highest BCUT2D eigenvalue weighted by atomic mass is 16.5. The minimum Gasteiger partial charge on any atom is -0.377 e. The molecule has 3 rings (SSSR count). The van der Waals surface area contributed by atoms with Crippen molar-refractivity contribution in [2.75, 3.05) is 19.8 Å². The first-order chi connectivity index (χ1) is 12.2. The first-order valence-corrected chi connectivity index (χ1v) is 8.91. The standard InChI is InChI=1S/C20H25N3O2/c1-16-19(22-12-11-21-16)9-8-18-15-25-14-13-23(18)20(24)10-7-17-5-3-2-4-6-17/h2-6,11-12,18H,7-10,13-15H2,1H3. The lowest BCUT2D eigenvalue weighted by atomic mass is 10.0. The van der Waals surface area contributed by atoms with E-state index in [-0.39, 0.29) is 11.9 Å². The van der Waals surface area contributed by atoms with Crippen molar-refractivity contribution in [2.45, 2.75) is 38.6 Å². The Kier molecular flexibility index (Phi) is 6.12. The second-order valence-corrected chi connectivity index (χ2v) is 6.43. The van der Waals surface area contributed by atoms with E-state index in [1.165, 1.54) is 5.56 Å². The van der Waals surface area contributed by atoms with Crippen LogP contribution in [-0.2, 0) is 22.4 Å². The van der Waals surface area contributed by atoms with E-state index >= 15 is 0 Å². The second kappa shape index (κ2) is 8.72. The van der Waals surface area contributed by atoms with E-state index < -0.39 is 0 Å². The lowest BCUT2D eigenvalue weighted by molar-refractivity contribution is -0.140. The summed E-state index contributed by atoms with van der Waals surface area (Å²) >= 11 is 0. The fourth-order valence-electron chi connectivity index (χ4n) is 3.25. The fourth-order valence-corrected chi connectivity index (χ4v) is 3.25. The van der Waals surface area contributed by atoms with Crippen LogP contribution in [-0.4, -0.2) is 46.6 Å². The number of morpholine rings is 1. The van der Waals surface area contributed by atoms with Crippen molar-refractivity contribution in [3.63, 3.8) is 0 Å². The molecule has 0 N–H and O–H groups in total. The maximum atomic E-state index is 12.7. The highest BCUT2D eigenvalue weighted by molar-refractivity contribution is 5.77. The normalized spacial score (nSPS) is 17.5. The van der Waals surface area contributed by atoms with Crippen molar-refractivity contribution in [1.82, 2.24) is 14.9 Å². The molecule has 0 radical (unpaired) electrons. The van der Waals surface area contributed by atoms with Crippen LogP contribution >= 0.6 is 0 Å². The first-order valence-electron chi connectivity index (χ1n) is 8.91. The molecule has 1 aromatic carbocycles. The molecule has 5 heteroatoms. The number of hydrogen-bond donors (Lipinski definition) is 0. The van der Waals surface area contributed by atoms with Crippen molar-refractivity contribution in [2.24, 2.45) is 0 Å². The highest BCUT2D eigenvalue weighted by Gasteiger charge is 2.27. The molecule has 5 nitrogen and oxygen atoms in total. The number of nitrogens with zero attached hydrogens (tertiary/aromatic N) is 3. The molecule has 0 aliphatic carbocycles. The van der Waals surface area contributed by atoms with E-state index in [2.05, 4.69) is 22.1 Å². The predicted octanol–water partition coefficient (Wildman–Crippen LogP) is 2.58. The maximum Gasteiger partial charge on any atom is 0.223 e. The Bertz CT molecular complexity index is 690. The molecule has 0 saturated carbocycles. The average Bonchev–Trinajstić information content (AvgIpc) is 2.66. The third kappa shape index (κ3) is 4.86. The Labute approximate surface area is 149 Å². The molecule has 1 saturated heterocycles. The van der Waals surface area contributed by atoms with E-state index in [1.54, 1.807) is 12.4 Å². The molecule has 1 aliphatic rings. The molecule has 0 spiro atoms. The predicted molar refractivity (Wildman–Crippen MR) is 96.2 cm³/mol. The Hall–Kier alpha value is -2.27. The fraction of sp³-hybridized carbons (Fsp3) is 0.450. The quantitative estimate of drug-likeness (QED) is 0.812. The van der Waals surface area contributed by atoms with Crippen LogP contribution in [0.4, 0.5) is 0 Å². The molecule has 1 aromatic heterocycles. The van der Waals surface area contributed by atoms with Gasteiger partial charge in [-0.25, -0.2) is 0 Å². The number of ether oxygens (including phenoxy) is 1. The van der Waals surface area contributed by atoms with Crippen molar-refractivity contribution in [3.05, 3.63) is 59.7 Å². The molecule has 1 amide bonds. The van der Waals surface area contributed by atoms with Gasteiger partial charge < -0.3 is 9.64 Å². The van der Waals surface area contributed by atoms with Gasteiger partial charge in [0.05, 0.1) is 30.6 Å². The van der Waals surface area contributed by atoms with Crippen LogP contribution in [0.3, 0.4) is 0 Å². The van der Waals surface area contributed by atoms with Crippen LogP contribution in [0.15, 0.2) is 42.7 Å². The Balaban J connectivity index is 1.56. The third-order valence-corrected chi connectivity index (χ3v) is 4.72. The van der Waals surface area contributed by atoms with Gasteiger partial charge in [0.25, 0.3) is 0 Å². The SMILES string of the molecule is Cc1nccnc1CCC1COCCN1C(=O)CCc1ccccc1. The number of carbonyl (C=O) groups is 1. The largest absolute Gasteiger partial charge is 0.377 e. The summed E-state index contributed by atoms with van der Waals surface area (Å²) in [6, 6.07) is 10.3. The minimum absolute atomic E-state index is 0.124. The van der Waals surface area contributed by atoms with Crippen molar-refractivity contribution in [1.29, 1.82) is 0 Å². The molecule has 2 aromatic rings. The van der Waals surface area contributed by atoms with Gasteiger partial charge in [0.2, 0.25) is 5.91 Å². The number of carbonyl (C=O) groups excluding carboxylic acids is 1. The number of aryl methyl sites for hydroxylation is 3. The Morgan fingerprint density at radius 1 is 1.20 bits per heavy atom. The molecule has 1 unspecified atom stereocenters. The van der Waals surface area contributed by atoms with E-state index in [9.17, 15) is 4.79 Å². The molecule has 1 aliphatic heterocycles. The summed E-state index contributed by atoms with van der Waals surface area (Å²) < 4.78 is 5.61. The summed E-state index contributed by atoms with van der Waals surface area (Å²) in [6.45, 7) is 3.88. The monoisotopic (exact) mass is 339 g/mol. The zero-order chi connectivity index (χ0) is 17.5. The van der Waals surface area contributed by atoms with Crippen LogP contribution < -0.4 is 0 Å². The topological polar surface area (TPSA) is 55.3 Å². The average molecular weight is 339 g/mol. The van der Waals surface area contributed by atoms with Gasteiger partial charge in [-0.2, -0.15) is 0 Å². The Morgan fingerprint density at radius 2 is 2.00 bits per heavy atom. The number of benzene rings is 1. The molecule has 132 valence electrons. The molecular formula is C20H25N3O2. The van der Waals surface area contributed by atoms with Crippen LogP contribution in [0, 0.1) is 6.92 Å². The lowest BCUT2D eigenvalue weighted by Crippen LogP contribution is -2.49. The van der Waals surface area contributed by atoms with Crippen molar-refractivity contribution < 1.29 is 9.53 Å². The summed E-state index contributed by atoms with van der Waals surface area (Å²) in [4.78, 5) is 23.4. The maximum absolute atomic E-state index is 12.7. The zero-order valence-corrected chi connectivity index (χ0v) is 14.7. The second-order valence-electron chi connectivity index (χ2n) is 6.43. The van der Waals surface area contributed by atoms with E-state index in [0.717, 1.165) is 30.7 Å². The zero-order valence-electron chi connectivity index (χ0n) is 14.7. The van der Waals surface area contributed by atoms with Gasteiger partial charge in [0, 0.05) is 25.4 Å². The summed E-state index contributed by atoms with van der Waals surface area (Å²) in [5.41, 5.74) is 3.17. The van der Waals surface area contributed by atoms with E-state index in [1.807, 2.05) is 30.0 Å². The van der Waals surface area contributed by atoms with Gasteiger partial charge in [-0.3, -0.25) is 14.8 Å². The number of amides is 1. The van der Waals surface area contributed by atoms with Gasteiger partial charge in [-0.15, -0.1) is 0 Å². The molecule has 1 fully saturated rings. The molecule has 0 bridgehead atoms. The summed E-state index contributed by atoms with van der Waals surface area (Å²) in [6.07, 6.45) is 6.44. The third-order valence-electron chi connectivity index (χ3n) is 4.72. The van der Waals surface area contributed by atoms with Crippen LogP contribution in [0.5, 0.6) is 0 Å². The number of aromatic nitrogens is 2. The first kappa shape index (κ1) is 17.5.